The molecular formula is C18H18O5. The Kier molecular flexibility index (Phi) is 5.36. The predicted octanol–water partition coefficient (Wildman–Crippen LogP) is 3.78. The van der Waals surface area contributed by atoms with E-state index in [1.54, 1.807) is 24.3 Å². The number of carbonyl (C=O) groups is 2. The van der Waals surface area contributed by atoms with E-state index in [-0.39, 0.29) is 17.4 Å². The average Bonchev–Trinajstić information content (AvgIpc) is 2.55. The lowest BCUT2D eigenvalue weighted by Crippen LogP contribution is -2.12. The number of hydrogen-bond donors (Lipinski definition) is 1. The van der Waals surface area contributed by atoms with Crippen molar-refractivity contribution in [2.75, 3.05) is 0 Å². The lowest BCUT2D eigenvalue weighted by molar-refractivity contribution is 0.0696. The fourth-order valence-electron chi connectivity index (χ4n) is 1.84. The zero-order chi connectivity index (χ0) is 16.8. The van der Waals surface area contributed by atoms with E-state index >= 15 is 0 Å². The second-order valence-electron chi connectivity index (χ2n) is 5.08. The molecule has 0 saturated carbocycles. The van der Waals surface area contributed by atoms with E-state index in [0.717, 1.165) is 6.42 Å². The van der Waals surface area contributed by atoms with Crippen LogP contribution in [0.1, 0.15) is 41.0 Å². The van der Waals surface area contributed by atoms with Crippen molar-refractivity contribution in [3.63, 3.8) is 0 Å². The number of aromatic carboxylic acids is 1. The maximum absolute atomic E-state index is 12.1. The second-order valence-corrected chi connectivity index (χ2v) is 5.08. The van der Waals surface area contributed by atoms with Crippen LogP contribution in [0.15, 0.2) is 48.5 Å². The molecular weight excluding hydrogens is 296 g/mol. The van der Waals surface area contributed by atoms with E-state index < -0.39 is 11.9 Å². The molecule has 0 heterocycles. The van der Waals surface area contributed by atoms with E-state index in [9.17, 15) is 9.59 Å². The zero-order valence-electron chi connectivity index (χ0n) is 13.0. The van der Waals surface area contributed by atoms with Crippen LogP contribution in [-0.2, 0) is 0 Å². The average molecular weight is 314 g/mol. The molecule has 1 atom stereocenters. The molecule has 2 rings (SSSR count). The topological polar surface area (TPSA) is 72.8 Å². The van der Waals surface area contributed by atoms with Gasteiger partial charge in [0.15, 0.2) is 0 Å². The molecule has 5 heteroatoms. The molecule has 0 spiro atoms. The Hall–Kier alpha value is -2.82. The van der Waals surface area contributed by atoms with Gasteiger partial charge in [-0.15, -0.1) is 0 Å². The Morgan fingerprint density at radius 1 is 1.04 bits per heavy atom. The van der Waals surface area contributed by atoms with Crippen LogP contribution >= 0.6 is 0 Å². The molecule has 0 aliphatic carbocycles. The predicted molar refractivity (Wildman–Crippen MR) is 85.2 cm³/mol. The number of benzene rings is 2. The highest BCUT2D eigenvalue weighted by Crippen LogP contribution is 2.19. The summed E-state index contributed by atoms with van der Waals surface area (Å²) in [6.45, 7) is 3.97. The molecule has 0 saturated heterocycles. The van der Waals surface area contributed by atoms with Crippen LogP contribution < -0.4 is 9.47 Å². The summed E-state index contributed by atoms with van der Waals surface area (Å²) >= 11 is 0. The lowest BCUT2D eigenvalue weighted by atomic mass is 10.2. The Balaban J connectivity index is 2.08. The number of ether oxygens (including phenoxy) is 2. The van der Waals surface area contributed by atoms with Gasteiger partial charge in [-0.25, -0.2) is 9.59 Å². The standard InChI is InChI=1S/C18H18O5/c1-3-12(2)22-16-6-4-5-14(11-16)18(21)23-15-9-7-13(8-10-15)17(19)20/h4-12H,3H2,1-2H3,(H,19,20). The molecule has 0 aliphatic rings. The summed E-state index contributed by atoms with van der Waals surface area (Å²) in [7, 11) is 0. The quantitative estimate of drug-likeness (QED) is 0.649. The number of carboxylic acids is 1. The number of esters is 1. The van der Waals surface area contributed by atoms with Crippen molar-refractivity contribution in [3.05, 3.63) is 59.7 Å². The zero-order valence-corrected chi connectivity index (χ0v) is 13.0. The fourth-order valence-corrected chi connectivity index (χ4v) is 1.84. The molecule has 0 fully saturated rings. The molecule has 2 aromatic carbocycles. The second kappa shape index (κ2) is 7.45. The number of hydrogen-bond acceptors (Lipinski definition) is 4. The first-order chi connectivity index (χ1) is 11.0. The first kappa shape index (κ1) is 16.5. The molecule has 120 valence electrons. The smallest absolute Gasteiger partial charge is 0.343 e. The van der Waals surface area contributed by atoms with Crippen molar-refractivity contribution >= 4 is 11.9 Å². The minimum atomic E-state index is -1.03. The van der Waals surface area contributed by atoms with Crippen LogP contribution in [0.4, 0.5) is 0 Å². The monoisotopic (exact) mass is 314 g/mol. The van der Waals surface area contributed by atoms with Crippen molar-refractivity contribution in [1.82, 2.24) is 0 Å². The van der Waals surface area contributed by atoms with Crippen molar-refractivity contribution in [2.45, 2.75) is 26.4 Å². The lowest BCUT2D eigenvalue weighted by Gasteiger charge is -2.13. The summed E-state index contributed by atoms with van der Waals surface area (Å²) in [6, 6.07) is 12.4. The van der Waals surface area contributed by atoms with Gasteiger partial charge < -0.3 is 14.6 Å². The highest BCUT2D eigenvalue weighted by molar-refractivity contribution is 5.92. The van der Waals surface area contributed by atoms with Gasteiger partial charge in [-0.05, 0) is 55.8 Å². The van der Waals surface area contributed by atoms with Crippen molar-refractivity contribution in [1.29, 1.82) is 0 Å². The Morgan fingerprint density at radius 2 is 1.74 bits per heavy atom. The van der Waals surface area contributed by atoms with Gasteiger partial charge in [0.2, 0.25) is 0 Å². The van der Waals surface area contributed by atoms with Gasteiger partial charge in [0.25, 0.3) is 0 Å². The molecule has 5 nitrogen and oxygen atoms in total. The van der Waals surface area contributed by atoms with Crippen LogP contribution in [0.3, 0.4) is 0 Å². The van der Waals surface area contributed by atoms with Crippen LogP contribution in [0.5, 0.6) is 11.5 Å². The van der Waals surface area contributed by atoms with Crippen molar-refractivity contribution in [3.8, 4) is 11.5 Å². The number of carboxylic acid groups (broad SMARTS) is 1. The van der Waals surface area contributed by atoms with Crippen LogP contribution in [0.25, 0.3) is 0 Å². The van der Waals surface area contributed by atoms with Gasteiger partial charge in [-0.3, -0.25) is 0 Å². The van der Waals surface area contributed by atoms with Gasteiger partial charge in [0.1, 0.15) is 11.5 Å². The molecule has 1 N–H and O–H groups in total. The number of carbonyl (C=O) groups excluding carboxylic acids is 1. The molecule has 0 radical (unpaired) electrons. The summed E-state index contributed by atoms with van der Waals surface area (Å²) in [6.07, 6.45) is 0.926. The Morgan fingerprint density at radius 3 is 2.35 bits per heavy atom. The van der Waals surface area contributed by atoms with E-state index in [4.69, 9.17) is 14.6 Å². The molecule has 2 aromatic rings. The molecule has 23 heavy (non-hydrogen) atoms. The molecule has 0 amide bonds. The van der Waals surface area contributed by atoms with Gasteiger partial charge in [0.05, 0.1) is 17.2 Å². The van der Waals surface area contributed by atoms with Crippen molar-refractivity contribution in [2.24, 2.45) is 0 Å². The van der Waals surface area contributed by atoms with Gasteiger partial charge in [-0.2, -0.15) is 0 Å². The third-order valence-electron chi connectivity index (χ3n) is 3.29. The Labute approximate surface area is 134 Å². The van der Waals surface area contributed by atoms with E-state index in [1.165, 1.54) is 24.3 Å². The van der Waals surface area contributed by atoms with Crippen LogP contribution in [0, 0.1) is 0 Å². The van der Waals surface area contributed by atoms with Gasteiger partial charge in [0, 0.05) is 0 Å². The summed E-state index contributed by atoms with van der Waals surface area (Å²) in [4.78, 5) is 22.9. The van der Waals surface area contributed by atoms with Gasteiger partial charge >= 0.3 is 11.9 Å². The summed E-state index contributed by atoms with van der Waals surface area (Å²) in [5.41, 5.74) is 0.502. The normalized spacial score (nSPS) is 11.6. The maximum Gasteiger partial charge on any atom is 0.343 e. The molecule has 0 aromatic heterocycles. The molecule has 0 bridgehead atoms. The minimum absolute atomic E-state index is 0.0600. The van der Waals surface area contributed by atoms with Crippen LogP contribution in [0.2, 0.25) is 0 Å². The largest absolute Gasteiger partial charge is 0.491 e. The first-order valence-electron chi connectivity index (χ1n) is 7.32. The van der Waals surface area contributed by atoms with E-state index in [2.05, 4.69) is 0 Å². The summed E-state index contributed by atoms with van der Waals surface area (Å²) in [5.74, 6) is -0.663. The molecule has 1 unspecified atom stereocenters. The summed E-state index contributed by atoms with van der Waals surface area (Å²) in [5, 5.41) is 8.84. The number of rotatable bonds is 6. The highest BCUT2D eigenvalue weighted by Gasteiger charge is 2.11. The minimum Gasteiger partial charge on any atom is -0.491 e. The maximum atomic E-state index is 12.1. The highest BCUT2D eigenvalue weighted by atomic mass is 16.5. The third-order valence-corrected chi connectivity index (χ3v) is 3.29. The third kappa shape index (κ3) is 4.57. The van der Waals surface area contributed by atoms with Crippen molar-refractivity contribution < 1.29 is 24.2 Å². The van der Waals surface area contributed by atoms with Gasteiger partial charge in [-0.1, -0.05) is 13.0 Å². The van der Waals surface area contributed by atoms with E-state index in [0.29, 0.717) is 11.3 Å². The summed E-state index contributed by atoms with van der Waals surface area (Å²) < 4.78 is 10.9. The first-order valence-corrected chi connectivity index (χ1v) is 7.32. The molecule has 0 aliphatic heterocycles. The van der Waals surface area contributed by atoms with Crippen LogP contribution in [-0.4, -0.2) is 23.1 Å². The Bertz CT molecular complexity index is 691. The fraction of sp³-hybridized carbons (Fsp3) is 0.222. The SMILES string of the molecule is CCC(C)Oc1cccc(C(=O)Oc2ccc(C(=O)O)cc2)c1. The van der Waals surface area contributed by atoms with E-state index in [1.807, 2.05) is 13.8 Å².